The van der Waals surface area contributed by atoms with E-state index < -0.39 is 0 Å². The molecule has 3 aliphatic heterocycles. The summed E-state index contributed by atoms with van der Waals surface area (Å²) in [5.41, 5.74) is 3.41. The molecule has 3 fully saturated rings. The standard InChI is InChI=1S/C15H33N7/c1-11-4-5-13(18-8-11)16-6-3-7-17-14-12-9-21-22(2)15(12)20-10-19-14/h11-21H,3-10H2,1-2H3. The van der Waals surface area contributed by atoms with E-state index in [2.05, 4.69) is 51.0 Å². The van der Waals surface area contributed by atoms with Crippen LogP contribution in [0.4, 0.5) is 0 Å². The Labute approximate surface area is 134 Å². The van der Waals surface area contributed by atoms with Crippen molar-refractivity contribution in [1.29, 1.82) is 0 Å². The number of nitrogens with zero attached hydrogens (tertiary/aromatic N) is 1. The van der Waals surface area contributed by atoms with Crippen LogP contribution in [0.2, 0.25) is 0 Å². The third-order valence-corrected chi connectivity index (χ3v) is 5.23. The summed E-state index contributed by atoms with van der Waals surface area (Å²) in [4.78, 5) is 0. The van der Waals surface area contributed by atoms with Gasteiger partial charge in [0.15, 0.2) is 0 Å². The summed E-state index contributed by atoms with van der Waals surface area (Å²) in [5.74, 6) is 1.41. The van der Waals surface area contributed by atoms with E-state index in [1.165, 1.54) is 19.3 Å². The van der Waals surface area contributed by atoms with Gasteiger partial charge in [-0.3, -0.25) is 16.1 Å². The van der Waals surface area contributed by atoms with Gasteiger partial charge in [-0.25, -0.2) is 5.01 Å². The quantitative estimate of drug-likeness (QED) is 0.343. The zero-order valence-electron chi connectivity index (χ0n) is 14.0. The number of rotatable bonds is 6. The third-order valence-electron chi connectivity index (χ3n) is 5.23. The van der Waals surface area contributed by atoms with Crippen molar-refractivity contribution in [2.24, 2.45) is 11.8 Å². The van der Waals surface area contributed by atoms with E-state index in [4.69, 9.17) is 0 Å². The molecule has 0 bridgehead atoms. The van der Waals surface area contributed by atoms with Crippen molar-refractivity contribution in [2.45, 2.75) is 44.7 Å². The summed E-state index contributed by atoms with van der Waals surface area (Å²) in [6.45, 7) is 7.51. The van der Waals surface area contributed by atoms with Gasteiger partial charge in [0.25, 0.3) is 0 Å². The Morgan fingerprint density at radius 2 is 1.91 bits per heavy atom. The molecule has 0 saturated carbocycles. The minimum atomic E-state index is 0.400. The lowest BCUT2D eigenvalue weighted by atomic mass is 10.00. The Balaban J connectivity index is 1.28. The van der Waals surface area contributed by atoms with Gasteiger partial charge in [-0.15, -0.1) is 0 Å². The van der Waals surface area contributed by atoms with Gasteiger partial charge in [-0.05, 0) is 44.8 Å². The van der Waals surface area contributed by atoms with Crippen LogP contribution in [0.1, 0.15) is 26.2 Å². The summed E-state index contributed by atoms with van der Waals surface area (Å²) in [7, 11) is 2.11. The molecule has 0 aromatic rings. The Kier molecular flexibility index (Phi) is 6.03. The molecule has 0 aromatic heterocycles. The number of nitrogens with one attached hydrogen (secondary N) is 6. The van der Waals surface area contributed by atoms with Crippen molar-refractivity contribution >= 4 is 0 Å². The maximum Gasteiger partial charge on any atom is 0.0808 e. The van der Waals surface area contributed by atoms with Gasteiger partial charge in [-0.2, -0.15) is 0 Å². The zero-order chi connectivity index (χ0) is 15.4. The van der Waals surface area contributed by atoms with Crippen molar-refractivity contribution in [3.8, 4) is 0 Å². The summed E-state index contributed by atoms with van der Waals surface area (Å²) < 4.78 is 0. The van der Waals surface area contributed by atoms with E-state index in [1.807, 2.05) is 0 Å². The third kappa shape index (κ3) is 4.17. The lowest BCUT2D eigenvalue weighted by molar-refractivity contribution is 0.121. The van der Waals surface area contributed by atoms with Gasteiger partial charge in [0, 0.05) is 26.2 Å². The van der Waals surface area contributed by atoms with E-state index in [0.29, 0.717) is 24.4 Å². The summed E-state index contributed by atoms with van der Waals surface area (Å²) in [5, 5.41) is 20.1. The van der Waals surface area contributed by atoms with Crippen LogP contribution in [0.25, 0.3) is 0 Å². The smallest absolute Gasteiger partial charge is 0.0808 e. The fourth-order valence-corrected chi connectivity index (χ4v) is 3.78. The minimum Gasteiger partial charge on any atom is -0.302 e. The Morgan fingerprint density at radius 1 is 1.05 bits per heavy atom. The van der Waals surface area contributed by atoms with Crippen molar-refractivity contribution in [2.75, 3.05) is 39.9 Å². The molecule has 3 aliphatic rings. The molecule has 5 unspecified atom stereocenters. The molecular weight excluding hydrogens is 278 g/mol. The molecule has 7 nitrogen and oxygen atoms in total. The second kappa shape index (κ2) is 8.01. The monoisotopic (exact) mass is 311 g/mol. The summed E-state index contributed by atoms with van der Waals surface area (Å²) in [6.07, 6.45) is 5.12. The first-order chi connectivity index (χ1) is 10.7. The normalized spacial score (nSPS) is 39.8. The second-order valence-corrected chi connectivity index (χ2v) is 7.05. The molecule has 3 heterocycles. The average Bonchev–Trinajstić information content (AvgIpc) is 2.91. The van der Waals surface area contributed by atoms with Gasteiger partial charge in [0.05, 0.1) is 18.5 Å². The van der Waals surface area contributed by atoms with Crippen LogP contribution >= 0.6 is 0 Å². The first-order valence-corrected chi connectivity index (χ1v) is 8.87. The Hall–Kier alpha value is -0.280. The lowest BCUT2D eigenvalue weighted by Gasteiger charge is -2.37. The molecule has 6 N–H and O–H groups in total. The van der Waals surface area contributed by atoms with Gasteiger partial charge in [0.1, 0.15) is 0 Å². The number of hydrogen-bond acceptors (Lipinski definition) is 7. The first-order valence-electron chi connectivity index (χ1n) is 8.87. The first kappa shape index (κ1) is 16.6. The topological polar surface area (TPSA) is 75.4 Å². The van der Waals surface area contributed by atoms with Crippen molar-refractivity contribution in [3.05, 3.63) is 0 Å². The van der Waals surface area contributed by atoms with Crippen LogP contribution in [-0.2, 0) is 0 Å². The average molecular weight is 311 g/mol. The molecule has 0 amide bonds. The fraction of sp³-hybridized carbons (Fsp3) is 1.00. The SMILES string of the molecule is CC1CCC(NCCCNC2NCNC3C2CNN3C)NC1. The molecule has 0 aromatic carbocycles. The molecule has 3 rings (SSSR count). The van der Waals surface area contributed by atoms with Crippen LogP contribution in [0, 0.1) is 11.8 Å². The molecule has 3 saturated heterocycles. The van der Waals surface area contributed by atoms with Crippen LogP contribution in [-0.4, -0.2) is 63.4 Å². The van der Waals surface area contributed by atoms with Crippen LogP contribution in [0.5, 0.6) is 0 Å². The van der Waals surface area contributed by atoms with Gasteiger partial charge < -0.3 is 16.0 Å². The maximum atomic E-state index is 3.68. The highest BCUT2D eigenvalue weighted by molar-refractivity contribution is 4.92. The molecule has 7 heteroatoms. The van der Waals surface area contributed by atoms with E-state index in [-0.39, 0.29) is 0 Å². The molecule has 5 atom stereocenters. The van der Waals surface area contributed by atoms with Gasteiger partial charge >= 0.3 is 0 Å². The van der Waals surface area contributed by atoms with Crippen molar-refractivity contribution in [3.63, 3.8) is 0 Å². The van der Waals surface area contributed by atoms with E-state index in [9.17, 15) is 0 Å². The van der Waals surface area contributed by atoms with Crippen molar-refractivity contribution < 1.29 is 0 Å². The maximum absolute atomic E-state index is 3.68. The Bertz CT molecular complexity index is 332. The van der Waals surface area contributed by atoms with Crippen LogP contribution < -0.4 is 32.0 Å². The zero-order valence-corrected chi connectivity index (χ0v) is 14.0. The largest absolute Gasteiger partial charge is 0.302 e. The number of piperidine rings is 1. The number of hydrazine groups is 1. The lowest BCUT2D eigenvalue weighted by Crippen LogP contribution is -2.64. The molecule has 128 valence electrons. The van der Waals surface area contributed by atoms with Crippen LogP contribution in [0.3, 0.4) is 0 Å². The van der Waals surface area contributed by atoms with Gasteiger partial charge in [-0.1, -0.05) is 6.92 Å². The molecule has 22 heavy (non-hydrogen) atoms. The Morgan fingerprint density at radius 3 is 2.73 bits per heavy atom. The predicted octanol–water partition coefficient (Wildman–Crippen LogP) is -1.23. The highest BCUT2D eigenvalue weighted by atomic mass is 15.6. The number of fused-ring (bicyclic) bond motifs is 1. The highest BCUT2D eigenvalue weighted by Gasteiger charge is 2.39. The molecule has 0 spiro atoms. The second-order valence-electron chi connectivity index (χ2n) is 7.05. The fourth-order valence-electron chi connectivity index (χ4n) is 3.78. The van der Waals surface area contributed by atoms with Crippen LogP contribution in [0.15, 0.2) is 0 Å². The highest BCUT2D eigenvalue weighted by Crippen LogP contribution is 2.17. The van der Waals surface area contributed by atoms with E-state index in [0.717, 1.165) is 38.8 Å². The number of hydrogen-bond donors (Lipinski definition) is 6. The molecule has 0 radical (unpaired) electrons. The van der Waals surface area contributed by atoms with Gasteiger partial charge in [0.2, 0.25) is 0 Å². The predicted molar refractivity (Wildman–Crippen MR) is 88.8 cm³/mol. The van der Waals surface area contributed by atoms with E-state index >= 15 is 0 Å². The molecule has 0 aliphatic carbocycles. The minimum absolute atomic E-state index is 0.400. The molecular formula is C15H33N7. The van der Waals surface area contributed by atoms with Crippen molar-refractivity contribution in [1.82, 2.24) is 37.0 Å². The summed E-state index contributed by atoms with van der Waals surface area (Å²) in [6, 6.07) is 0. The van der Waals surface area contributed by atoms with E-state index in [1.54, 1.807) is 0 Å². The summed E-state index contributed by atoms with van der Waals surface area (Å²) >= 11 is 0.